The van der Waals surface area contributed by atoms with Crippen molar-refractivity contribution >= 4 is 21.6 Å². The van der Waals surface area contributed by atoms with Gasteiger partial charge < -0.3 is 15.0 Å². The van der Waals surface area contributed by atoms with Crippen molar-refractivity contribution in [2.75, 3.05) is 44.6 Å². The minimum absolute atomic E-state index is 0.00590. The van der Waals surface area contributed by atoms with Gasteiger partial charge in [0.25, 0.3) is 10.0 Å². The van der Waals surface area contributed by atoms with E-state index in [-0.39, 0.29) is 10.6 Å². The van der Waals surface area contributed by atoms with Gasteiger partial charge in [-0.15, -0.1) is 0 Å². The number of sulfonamides is 1. The van der Waals surface area contributed by atoms with Crippen LogP contribution in [0.3, 0.4) is 0 Å². The molecule has 0 bridgehead atoms. The van der Waals surface area contributed by atoms with E-state index in [0.717, 1.165) is 16.4 Å². The molecule has 0 atom stereocenters. The highest BCUT2D eigenvalue weighted by Crippen LogP contribution is 2.25. The Hall–Kier alpha value is -2.65. The maximum atomic E-state index is 13.3. The number of likely N-dealkylation sites (N-methyl/N-ethyl adjacent to an activating group) is 1. The molecule has 0 saturated carbocycles. The molecule has 0 aliphatic carbocycles. The number of anilines is 1. The first-order valence-corrected chi connectivity index (χ1v) is 10.6. The molecule has 1 N–H and O–H groups in total. The fourth-order valence-electron chi connectivity index (χ4n) is 2.53. The quantitative estimate of drug-likeness (QED) is 0.633. The number of nitrogens with one attached hydrogen (secondary N) is 1. The molecule has 0 radical (unpaired) electrons. The van der Waals surface area contributed by atoms with E-state index in [9.17, 15) is 17.6 Å². The average Bonchev–Trinajstić information content (AvgIpc) is 2.67. The summed E-state index contributed by atoms with van der Waals surface area (Å²) in [6.07, 6.45) is 0. The van der Waals surface area contributed by atoms with E-state index in [1.807, 2.05) is 25.9 Å². The Labute approximate surface area is 171 Å². The molecule has 0 saturated heterocycles. The topological polar surface area (TPSA) is 79.0 Å². The van der Waals surface area contributed by atoms with Crippen molar-refractivity contribution in [3.05, 3.63) is 54.3 Å². The Morgan fingerprint density at radius 2 is 1.69 bits per heavy atom. The smallest absolute Gasteiger partial charge is 0.264 e. The molecule has 2 rings (SSSR count). The van der Waals surface area contributed by atoms with Crippen molar-refractivity contribution in [1.82, 2.24) is 10.2 Å². The summed E-state index contributed by atoms with van der Waals surface area (Å²) < 4.78 is 46.0. The first-order chi connectivity index (χ1) is 13.7. The van der Waals surface area contributed by atoms with Crippen LogP contribution in [0.2, 0.25) is 0 Å². The summed E-state index contributed by atoms with van der Waals surface area (Å²) in [5.74, 6) is -0.408. The summed E-state index contributed by atoms with van der Waals surface area (Å²) in [5.41, 5.74) is 0.197. The second-order valence-electron chi connectivity index (χ2n) is 6.55. The molecule has 0 unspecified atom stereocenters. The predicted molar refractivity (Wildman–Crippen MR) is 110 cm³/mol. The van der Waals surface area contributed by atoms with Crippen LogP contribution in [0.1, 0.15) is 6.92 Å². The lowest BCUT2D eigenvalue weighted by atomic mass is 10.3. The molecule has 0 aliphatic rings. The molecule has 0 heterocycles. The SMILES string of the molecule is CCOc1ccc(S(=O)(=O)N(CC(=O)NCCN(C)C)c2ccc(F)cc2)cc1. The molecule has 9 heteroatoms. The molecule has 0 aromatic heterocycles. The number of hydrogen-bond acceptors (Lipinski definition) is 5. The lowest BCUT2D eigenvalue weighted by molar-refractivity contribution is -0.119. The van der Waals surface area contributed by atoms with E-state index in [1.54, 1.807) is 12.1 Å². The van der Waals surface area contributed by atoms with E-state index in [1.165, 1.54) is 24.3 Å². The summed E-state index contributed by atoms with van der Waals surface area (Å²) in [7, 11) is -0.314. The number of benzene rings is 2. The standard InChI is InChI=1S/C20H26FN3O4S/c1-4-28-18-9-11-19(12-10-18)29(26,27)24(17-7-5-16(21)6-8-17)15-20(25)22-13-14-23(2)3/h5-12H,4,13-15H2,1-3H3,(H,22,25). The largest absolute Gasteiger partial charge is 0.494 e. The van der Waals surface area contributed by atoms with Crippen LogP contribution < -0.4 is 14.4 Å². The highest BCUT2D eigenvalue weighted by Gasteiger charge is 2.27. The number of rotatable bonds is 10. The average molecular weight is 424 g/mol. The molecule has 0 fully saturated rings. The third-order valence-electron chi connectivity index (χ3n) is 4.01. The van der Waals surface area contributed by atoms with Crippen molar-refractivity contribution in [2.24, 2.45) is 0 Å². The van der Waals surface area contributed by atoms with Crippen LogP contribution in [0.25, 0.3) is 0 Å². The Bertz CT molecular complexity index is 900. The van der Waals surface area contributed by atoms with Crippen molar-refractivity contribution in [3.63, 3.8) is 0 Å². The van der Waals surface area contributed by atoms with Crippen LogP contribution >= 0.6 is 0 Å². The first kappa shape index (κ1) is 22.6. The van der Waals surface area contributed by atoms with Gasteiger partial charge in [-0.25, -0.2) is 12.8 Å². The van der Waals surface area contributed by atoms with Gasteiger partial charge in [-0.2, -0.15) is 0 Å². The maximum Gasteiger partial charge on any atom is 0.264 e. The third kappa shape index (κ3) is 6.43. The van der Waals surface area contributed by atoms with Gasteiger partial charge in [0.15, 0.2) is 0 Å². The van der Waals surface area contributed by atoms with Gasteiger partial charge in [-0.05, 0) is 69.6 Å². The lowest BCUT2D eigenvalue weighted by Crippen LogP contribution is -2.42. The van der Waals surface area contributed by atoms with Gasteiger partial charge in [0, 0.05) is 13.1 Å². The Balaban J connectivity index is 2.30. The predicted octanol–water partition coefficient (Wildman–Crippen LogP) is 2.10. The zero-order chi connectivity index (χ0) is 21.4. The second kappa shape index (κ2) is 10.2. The minimum Gasteiger partial charge on any atom is -0.494 e. The van der Waals surface area contributed by atoms with E-state index < -0.39 is 28.3 Å². The normalized spacial score (nSPS) is 11.3. The zero-order valence-electron chi connectivity index (χ0n) is 16.8. The van der Waals surface area contributed by atoms with Crippen LogP contribution in [-0.2, 0) is 14.8 Å². The molecule has 7 nitrogen and oxygen atoms in total. The molecular formula is C20H26FN3O4S. The fourth-order valence-corrected chi connectivity index (χ4v) is 3.95. The van der Waals surface area contributed by atoms with Gasteiger partial charge in [-0.1, -0.05) is 0 Å². The highest BCUT2D eigenvalue weighted by atomic mass is 32.2. The van der Waals surface area contributed by atoms with Crippen molar-refractivity contribution in [1.29, 1.82) is 0 Å². The second-order valence-corrected chi connectivity index (χ2v) is 8.41. The number of carbonyl (C=O) groups excluding carboxylic acids is 1. The Morgan fingerprint density at radius 3 is 2.24 bits per heavy atom. The molecule has 1 amide bonds. The molecule has 158 valence electrons. The highest BCUT2D eigenvalue weighted by molar-refractivity contribution is 7.92. The Kier molecular flexibility index (Phi) is 7.98. The van der Waals surface area contributed by atoms with Crippen LogP contribution in [0.5, 0.6) is 5.75 Å². The Morgan fingerprint density at radius 1 is 1.07 bits per heavy atom. The van der Waals surface area contributed by atoms with Crippen LogP contribution in [-0.4, -0.2) is 59.6 Å². The number of ether oxygens (including phenoxy) is 1. The van der Waals surface area contributed by atoms with Crippen molar-refractivity contribution in [2.45, 2.75) is 11.8 Å². The summed E-state index contributed by atoms with van der Waals surface area (Å²) in [6, 6.07) is 10.9. The number of nitrogens with zero attached hydrogens (tertiary/aromatic N) is 2. The fraction of sp³-hybridized carbons (Fsp3) is 0.350. The molecular weight excluding hydrogens is 397 g/mol. The van der Waals surface area contributed by atoms with Gasteiger partial charge in [0.2, 0.25) is 5.91 Å². The van der Waals surface area contributed by atoms with Crippen LogP contribution in [0, 0.1) is 5.82 Å². The van der Waals surface area contributed by atoms with E-state index in [0.29, 0.717) is 25.4 Å². The van der Waals surface area contributed by atoms with E-state index >= 15 is 0 Å². The van der Waals surface area contributed by atoms with Gasteiger partial charge in [0.05, 0.1) is 17.2 Å². The molecule has 2 aromatic carbocycles. The van der Waals surface area contributed by atoms with Gasteiger partial charge in [0.1, 0.15) is 18.1 Å². The number of hydrogen-bond donors (Lipinski definition) is 1. The summed E-state index contributed by atoms with van der Waals surface area (Å²) in [6.45, 7) is 2.87. The molecule has 0 aliphatic heterocycles. The third-order valence-corrected chi connectivity index (χ3v) is 5.79. The number of amides is 1. The first-order valence-electron chi connectivity index (χ1n) is 9.16. The van der Waals surface area contributed by atoms with E-state index in [4.69, 9.17) is 4.74 Å². The monoisotopic (exact) mass is 423 g/mol. The lowest BCUT2D eigenvalue weighted by Gasteiger charge is -2.24. The van der Waals surface area contributed by atoms with Crippen molar-refractivity contribution < 1.29 is 22.3 Å². The van der Waals surface area contributed by atoms with Crippen LogP contribution in [0.4, 0.5) is 10.1 Å². The number of carbonyl (C=O) groups is 1. The van der Waals surface area contributed by atoms with E-state index in [2.05, 4.69) is 5.32 Å². The summed E-state index contributed by atoms with van der Waals surface area (Å²) >= 11 is 0. The molecule has 0 spiro atoms. The number of halogens is 1. The van der Waals surface area contributed by atoms with Gasteiger partial charge in [-0.3, -0.25) is 9.10 Å². The maximum absolute atomic E-state index is 13.3. The minimum atomic E-state index is -4.05. The summed E-state index contributed by atoms with van der Waals surface area (Å²) in [4.78, 5) is 14.3. The molecule has 29 heavy (non-hydrogen) atoms. The van der Waals surface area contributed by atoms with Crippen LogP contribution in [0.15, 0.2) is 53.4 Å². The summed E-state index contributed by atoms with van der Waals surface area (Å²) in [5, 5.41) is 2.69. The zero-order valence-corrected chi connectivity index (χ0v) is 17.6. The molecule has 2 aromatic rings. The van der Waals surface area contributed by atoms with Crippen molar-refractivity contribution in [3.8, 4) is 5.75 Å². The van der Waals surface area contributed by atoms with Gasteiger partial charge >= 0.3 is 0 Å².